The summed E-state index contributed by atoms with van der Waals surface area (Å²) in [4.78, 5) is 27.6. The second-order valence-corrected chi connectivity index (χ2v) is 5.04. The van der Waals surface area contributed by atoms with Crippen LogP contribution in [0.15, 0.2) is 39.4 Å². The molecule has 1 aliphatic heterocycles. The van der Waals surface area contributed by atoms with Crippen molar-refractivity contribution in [2.75, 3.05) is 26.2 Å². The first kappa shape index (κ1) is 13.8. The summed E-state index contributed by atoms with van der Waals surface area (Å²) in [5.74, 6) is 0.151. The van der Waals surface area contributed by atoms with Crippen molar-refractivity contribution in [2.45, 2.75) is 0 Å². The van der Waals surface area contributed by atoms with Gasteiger partial charge in [0.15, 0.2) is 16.7 Å². The molecule has 0 N–H and O–H groups in total. The highest BCUT2D eigenvalue weighted by Gasteiger charge is 2.27. The molecule has 0 saturated carbocycles. The minimum absolute atomic E-state index is 0.159. The van der Waals surface area contributed by atoms with Gasteiger partial charge in [0.1, 0.15) is 0 Å². The van der Waals surface area contributed by atoms with Crippen molar-refractivity contribution in [1.29, 1.82) is 0 Å². The summed E-state index contributed by atoms with van der Waals surface area (Å²) in [7, 11) is 0. The van der Waals surface area contributed by atoms with Gasteiger partial charge in [0.25, 0.3) is 11.8 Å². The summed E-state index contributed by atoms with van der Waals surface area (Å²) in [6.45, 7) is 1.81. The molecular weight excluding hydrogens is 296 g/mol. The second kappa shape index (κ2) is 5.65. The van der Waals surface area contributed by atoms with Crippen LogP contribution in [0.4, 0.5) is 0 Å². The van der Waals surface area contributed by atoms with Crippen LogP contribution < -0.4 is 0 Å². The summed E-state index contributed by atoms with van der Waals surface area (Å²) in [5, 5.41) is 0.185. The van der Waals surface area contributed by atoms with Crippen molar-refractivity contribution in [3.05, 3.63) is 47.3 Å². The lowest BCUT2D eigenvalue weighted by atomic mass is 10.2. The highest BCUT2D eigenvalue weighted by molar-refractivity contribution is 6.29. The normalized spacial score (nSPS) is 15.3. The van der Waals surface area contributed by atoms with E-state index in [1.165, 1.54) is 12.3 Å². The Morgan fingerprint density at radius 3 is 2.05 bits per heavy atom. The molecule has 0 bridgehead atoms. The molecular formula is C14H13ClN2O4. The summed E-state index contributed by atoms with van der Waals surface area (Å²) < 4.78 is 10.2. The quantitative estimate of drug-likeness (QED) is 0.852. The van der Waals surface area contributed by atoms with Crippen molar-refractivity contribution >= 4 is 23.4 Å². The van der Waals surface area contributed by atoms with Crippen LogP contribution in [0, 0.1) is 0 Å². The summed E-state index contributed by atoms with van der Waals surface area (Å²) in [5.41, 5.74) is 0. The summed E-state index contributed by atoms with van der Waals surface area (Å²) in [6.07, 6.45) is 1.47. The lowest BCUT2D eigenvalue weighted by Crippen LogP contribution is -2.50. The highest BCUT2D eigenvalue weighted by atomic mass is 35.5. The van der Waals surface area contributed by atoms with E-state index in [0.29, 0.717) is 31.9 Å². The number of halogens is 1. The fourth-order valence-corrected chi connectivity index (χ4v) is 2.40. The van der Waals surface area contributed by atoms with Gasteiger partial charge in [-0.3, -0.25) is 9.59 Å². The van der Waals surface area contributed by atoms with Crippen LogP contribution in [-0.2, 0) is 0 Å². The molecule has 110 valence electrons. The summed E-state index contributed by atoms with van der Waals surface area (Å²) in [6, 6.07) is 6.38. The maximum Gasteiger partial charge on any atom is 0.289 e. The number of nitrogens with zero attached hydrogens (tertiary/aromatic N) is 2. The van der Waals surface area contributed by atoms with E-state index in [2.05, 4.69) is 0 Å². The topological polar surface area (TPSA) is 66.9 Å². The minimum Gasteiger partial charge on any atom is -0.459 e. The molecule has 1 fully saturated rings. The molecule has 21 heavy (non-hydrogen) atoms. The minimum atomic E-state index is -0.216. The van der Waals surface area contributed by atoms with Gasteiger partial charge in [0.2, 0.25) is 0 Å². The van der Waals surface area contributed by atoms with Crippen LogP contribution in [-0.4, -0.2) is 47.8 Å². The second-order valence-electron chi connectivity index (χ2n) is 4.67. The van der Waals surface area contributed by atoms with E-state index in [1.54, 1.807) is 28.0 Å². The monoisotopic (exact) mass is 308 g/mol. The van der Waals surface area contributed by atoms with Gasteiger partial charge in [-0.25, -0.2) is 0 Å². The SMILES string of the molecule is O=C(c1ccco1)N1CCN(C(=O)c2ccc(Cl)o2)CC1. The Kier molecular flexibility index (Phi) is 3.70. The molecule has 1 aliphatic rings. The molecule has 2 aromatic heterocycles. The zero-order valence-corrected chi connectivity index (χ0v) is 11.9. The van der Waals surface area contributed by atoms with Crippen LogP contribution in [0.5, 0.6) is 0 Å². The zero-order valence-electron chi connectivity index (χ0n) is 11.1. The molecule has 0 unspecified atom stereocenters. The average molecular weight is 309 g/mol. The number of hydrogen-bond acceptors (Lipinski definition) is 4. The number of carbonyl (C=O) groups excluding carboxylic acids is 2. The van der Waals surface area contributed by atoms with E-state index in [9.17, 15) is 9.59 Å². The first-order valence-corrected chi connectivity index (χ1v) is 6.90. The Labute approximate surface area is 125 Å². The predicted octanol–water partition coefficient (Wildman–Crippen LogP) is 2.12. The van der Waals surface area contributed by atoms with Crippen molar-refractivity contribution in [2.24, 2.45) is 0 Å². The van der Waals surface area contributed by atoms with Crippen LogP contribution >= 0.6 is 11.6 Å². The van der Waals surface area contributed by atoms with Crippen molar-refractivity contribution < 1.29 is 18.4 Å². The lowest BCUT2D eigenvalue weighted by Gasteiger charge is -2.33. The molecule has 0 atom stereocenters. The Morgan fingerprint density at radius 2 is 1.57 bits per heavy atom. The third-order valence-corrected chi connectivity index (χ3v) is 3.57. The van der Waals surface area contributed by atoms with Gasteiger partial charge in [0, 0.05) is 26.2 Å². The van der Waals surface area contributed by atoms with Gasteiger partial charge < -0.3 is 18.6 Å². The standard InChI is InChI=1S/C14H13ClN2O4/c15-12-4-3-11(21-12)14(19)17-7-5-16(6-8-17)13(18)10-2-1-9-20-10/h1-4,9H,5-8H2. The average Bonchev–Trinajstić information content (AvgIpc) is 3.17. The molecule has 3 heterocycles. The van der Waals surface area contributed by atoms with Crippen LogP contribution in [0.2, 0.25) is 5.22 Å². The predicted molar refractivity (Wildman–Crippen MR) is 74.2 cm³/mol. The van der Waals surface area contributed by atoms with Crippen molar-refractivity contribution in [1.82, 2.24) is 9.80 Å². The van der Waals surface area contributed by atoms with Gasteiger partial charge in [-0.2, -0.15) is 0 Å². The first-order valence-electron chi connectivity index (χ1n) is 6.52. The Bertz CT molecular complexity index is 642. The smallest absolute Gasteiger partial charge is 0.289 e. The lowest BCUT2D eigenvalue weighted by molar-refractivity contribution is 0.0502. The van der Waals surface area contributed by atoms with E-state index in [0.717, 1.165) is 0 Å². The molecule has 2 aromatic rings. The number of carbonyl (C=O) groups is 2. The fraction of sp³-hybridized carbons (Fsp3) is 0.286. The molecule has 0 radical (unpaired) electrons. The molecule has 0 aliphatic carbocycles. The van der Waals surface area contributed by atoms with Gasteiger partial charge in [-0.05, 0) is 35.9 Å². The van der Waals surface area contributed by atoms with Gasteiger partial charge in [-0.15, -0.1) is 0 Å². The third-order valence-electron chi connectivity index (χ3n) is 3.37. The maximum absolute atomic E-state index is 12.2. The van der Waals surface area contributed by atoms with Crippen LogP contribution in [0.3, 0.4) is 0 Å². The molecule has 0 aromatic carbocycles. The van der Waals surface area contributed by atoms with E-state index in [4.69, 9.17) is 20.4 Å². The Morgan fingerprint density at radius 1 is 0.952 bits per heavy atom. The highest BCUT2D eigenvalue weighted by Crippen LogP contribution is 2.16. The number of hydrogen-bond donors (Lipinski definition) is 0. The van der Waals surface area contributed by atoms with E-state index < -0.39 is 0 Å². The van der Waals surface area contributed by atoms with E-state index in [1.807, 2.05) is 0 Å². The van der Waals surface area contributed by atoms with Crippen molar-refractivity contribution in [3.63, 3.8) is 0 Å². The first-order chi connectivity index (χ1) is 10.1. The largest absolute Gasteiger partial charge is 0.459 e. The number of furan rings is 2. The molecule has 3 rings (SSSR count). The molecule has 0 spiro atoms. The number of amides is 2. The zero-order chi connectivity index (χ0) is 14.8. The van der Waals surface area contributed by atoms with Gasteiger partial charge in [0.05, 0.1) is 6.26 Å². The number of rotatable bonds is 2. The summed E-state index contributed by atoms with van der Waals surface area (Å²) >= 11 is 5.66. The fourth-order valence-electron chi connectivity index (χ4n) is 2.25. The number of piperazine rings is 1. The third kappa shape index (κ3) is 2.80. The Balaban J connectivity index is 1.60. The van der Waals surface area contributed by atoms with Crippen molar-refractivity contribution in [3.8, 4) is 0 Å². The molecule has 6 nitrogen and oxygen atoms in total. The maximum atomic E-state index is 12.2. The Hall–Kier alpha value is -2.21. The molecule has 7 heteroatoms. The van der Waals surface area contributed by atoms with Crippen LogP contribution in [0.25, 0.3) is 0 Å². The molecule has 1 saturated heterocycles. The van der Waals surface area contributed by atoms with Gasteiger partial charge >= 0.3 is 0 Å². The molecule has 2 amide bonds. The van der Waals surface area contributed by atoms with E-state index in [-0.39, 0.29) is 22.8 Å². The van der Waals surface area contributed by atoms with E-state index >= 15 is 0 Å². The van der Waals surface area contributed by atoms with Gasteiger partial charge in [-0.1, -0.05) is 0 Å². The van der Waals surface area contributed by atoms with Crippen LogP contribution in [0.1, 0.15) is 21.1 Å².